The second-order valence-corrected chi connectivity index (χ2v) is 3.94. The Labute approximate surface area is 115 Å². The second-order valence-electron chi connectivity index (χ2n) is 3.94. The number of hydrogen-bond donors (Lipinski definition) is 2. The maximum absolute atomic E-state index is 13.6. The fourth-order valence-electron chi connectivity index (χ4n) is 1.56. The predicted octanol–water partition coefficient (Wildman–Crippen LogP) is 1.75. The lowest BCUT2D eigenvalue weighted by Crippen LogP contribution is -2.43. The Morgan fingerprint density at radius 1 is 1.25 bits per heavy atom. The van der Waals surface area contributed by atoms with E-state index in [9.17, 15) is 18.8 Å². The summed E-state index contributed by atoms with van der Waals surface area (Å²) in [5.41, 5.74) is 0.0542. The predicted molar refractivity (Wildman–Crippen MR) is 69.8 cm³/mol. The third-order valence-electron chi connectivity index (χ3n) is 2.52. The summed E-state index contributed by atoms with van der Waals surface area (Å²) in [4.78, 5) is 34.6. The summed E-state index contributed by atoms with van der Waals surface area (Å²) in [6.45, 7) is 1.80. The highest BCUT2D eigenvalue weighted by molar-refractivity contribution is 6.03. The highest BCUT2D eigenvalue weighted by Gasteiger charge is 2.19. The van der Waals surface area contributed by atoms with E-state index < -0.39 is 23.7 Å². The number of nitrogens with one attached hydrogen (secondary N) is 1. The summed E-state index contributed by atoms with van der Waals surface area (Å²) < 4.78 is 13.6. The third kappa shape index (κ3) is 4.34. The first-order valence-electron chi connectivity index (χ1n) is 6.03. The molecule has 0 aliphatic carbocycles. The zero-order chi connectivity index (χ0) is 15.1. The van der Waals surface area contributed by atoms with Gasteiger partial charge in [-0.2, -0.15) is 0 Å². The molecule has 0 radical (unpaired) electrons. The quantitative estimate of drug-likeness (QED) is 0.861. The van der Waals surface area contributed by atoms with Gasteiger partial charge in [0.05, 0.1) is 12.1 Å². The highest BCUT2D eigenvalue weighted by atomic mass is 19.1. The SMILES string of the molecule is CCN(C(=O)NC(=O)CCC(=O)O)c1ccccc1F. The summed E-state index contributed by atoms with van der Waals surface area (Å²) in [6, 6.07) is 4.90. The molecule has 0 saturated heterocycles. The normalized spacial score (nSPS) is 9.90. The fraction of sp³-hybridized carbons (Fsp3) is 0.308. The molecule has 0 aliphatic heterocycles. The van der Waals surface area contributed by atoms with Crippen LogP contribution in [0.5, 0.6) is 0 Å². The molecular weight excluding hydrogens is 267 g/mol. The smallest absolute Gasteiger partial charge is 0.328 e. The number of nitrogens with zero attached hydrogens (tertiary/aromatic N) is 1. The van der Waals surface area contributed by atoms with E-state index in [-0.39, 0.29) is 25.1 Å². The Kier molecular flexibility index (Phi) is 5.64. The average Bonchev–Trinajstić information content (AvgIpc) is 2.39. The van der Waals surface area contributed by atoms with Crippen molar-refractivity contribution < 1.29 is 23.9 Å². The van der Waals surface area contributed by atoms with Crippen LogP contribution >= 0.6 is 0 Å². The van der Waals surface area contributed by atoms with Gasteiger partial charge in [-0.25, -0.2) is 9.18 Å². The van der Waals surface area contributed by atoms with Crippen molar-refractivity contribution in [1.82, 2.24) is 5.32 Å². The van der Waals surface area contributed by atoms with E-state index in [4.69, 9.17) is 5.11 Å². The molecule has 1 rings (SSSR count). The summed E-state index contributed by atoms with van der Waals surface area (Å²) in [5.74, 6) is -2.43. The molecule has 0 spiro atoms. The van der Waals surface area contributed by atoms with Gasteiger partial charge in [-0.05, 0) is 19.1 Å². The van der Waals surface area contributed by atoms with Crippen LogP contribution in [0.25, 0.3) is 0 Å². The minimum absolute atomic E-state index is 0.0542. The largest absolute Gasteiger partial charge is 0.481 e. The molecule has 1 aromatic rings. The molecule has 1 aromatic carbocycles. The molecule has 6 nitrogen and oxygen atoms in total. The summed E-state index contributed by atoms with van der Waals surface area (Å²) in [5, 5.41) is 10.5. The molecule has 7 heteroatoms. The van der Waals surface area contributed by atoms with Crippen molar-refractivity contribution in [1.29, 1.82) is 0 Å². The Morgan fingerprint density at radius 2 is 1.90 bits per heavy atom. The van der Waals surface area contributed by atoms with Crippen molar-refractivity contribution in [3.63, 3.8) is 0 Å². The van der Waals surface area contributed by atoms with E-state index >= 15 is 0 Å². The lowest BCUT2D eigenvalue weighted by Gasteiger charge is -2.21. The van der Waals surface area contributed by atoms with Gasteiger partial charge in [0, 0.05) is 13.0 Å². The van der Waals surface area contributed by atoms with Crippen LogP contribution in [0.15, 0.2) is 24.3 Å². The molecule has 0 unspecified atom stereocenters. The first-order chi connectivity index (χ1) is 9.45. The molecule has 20 heavy (non-hydrogen) atoms. The molecule has 0 saturated carbocycles. The molecule has 108 valence electrons. The van der Waals surface area contributed by atoms with Gasteiger partial charge in [0.1, 0.15) is 5.82 Å². The van der Waals surface area contributed by atoms with Crippen molar-refractivity contribution in [3.05, 3.63) is 30.1 Å². The molecule has 0 aliphatic rings. The molecular formula is C13H15FN2O4. The standard InChI is InChI=1S/C13H15FN2O4/c1-2-16(10-6-4-3-5-9(10)14)13(20)15-11(17)7-8-12(18)19/h3-6H,2,7-8H2,1H3,(H,18,19)(H,15,17,20). The van der Waals surface area contributed by atoms with E-state index in [1.165, 1.54) is 18.2 Å². The van der Waals surface area contributed by atoms with Gasteiger partial charge in [0.25, 0.3) is 0 Å². The van der Waals surface area contributed by atoms with Gasteiger partial charge >= 0.3 is 12.0 Å². The number of benzene rings is 1. The van der Waals surface area contributed by atoms with Crippen LogP contribution in [0.3, 0.4) is 0 Å². The number of carbonyl (C=O) groups excluding carboxylic acids is 2. The van der Waals surface area contributed by atoms with E-state index in [1.807, 2.05) is 5.32 Å². The van der Waals surface area contributed by atoms with Gasteiger partial charge < -0.3 is 5.11 Å². The highest BCUT2D eigenvalue weighted by Crippen LogP contribution is 2.18. The molecule has 3 amide bonds. The monoisotopic (exact) mass is 282 g/mol. The van der Waals surface area contributed by atoms with Crippen LogP contribution in [0, 0.1) is 5.82 Å². The Hall–Kier alpha value is -2.44. The van der Waals surface area contributed by atoms with Crippen molar-refractivity contribution in [3.8, 4) is 0 Å². The number of rotatable bonds is 5. The molecule has 0 bridgehead atoms. The number of anilines is 1. The van der Waals surface area contributed by atoms with Crippen molar-refractivity contribution in [2.75, 3.05) is 11.4 Å². The number of para-hydroxylation sites is 1. The lowest BCUT2D eigenvalue weighted by atomic mass is 10.2. The van der Waals surface area contributed by atoms with E-state index in [0.717, 1.165) is 4.90 Å². The number of halogens is 1. The number of aliphatic carboxylic acids is 1. The van der Waals surface area contributed by atoms with Gasteiger partial charge in [-0.15, -0.1) is 0 Å². The zero-order valence-corrected chi connectivity index (χ0v) is 10.9. The minimum atomic E-state index is -1.13. The lowest BCUT2D eigenvalue weighted by molar-refractivity contribution is -0.138. The average molecular weight is 282 g/mol. The Bertz CT molecular complexity index is 519. The van der Waals surface area contributed by atoms with Gasteiger partial charge in [-0.1, -0.05) is 12.1 Å². The number of imide groups is 1. The fourth-order valence-corrected chi connectivity index (χ4v) is 1.56. The van der Waals surface area contributed by atoms with Crippen LogP contribution < -0.4 is 10.2 Å². The summed E-state index contributed by atoms with van der Waals surface area (Å²) in [7, 11) is 0. The summed E-state index contributed by atoms with van der Waals surface area (Å²) in [6.07, 6.45) is -0.680. The van der Waals surface area contributed by atoms with Crippen molar-refractivity contribution in [2.24, 2.45) is 0 Å². The number of carboxylic acids is 1. The molecule has 0 fully saturated rings. The number of hydrogen-bond acceptors (Lipinski definition) is 3. The van der Waals surface area contributed by atoms with Gasteiger partial charge in [-0.3, -0.25) is 19.8 Å². The maximum Gasteiger partial charge on any atom is 0.328 e. The van der Waals surface area contributed by atoms with E-state index in [1.54, 1.807) is 13.0 Å². The number of amides is 3. The number of carbonyl (C=O) groups is 3. The van der Waals surface area contributed by atoms with Crippen LogP contribution in [-0.2, 0) is 9.59 Å². The number of urea groups is 1. The zero-order valence-electron chi connectivity index (χ0n) is 10.9. The van der Waals surface area contributed by atoms with Gasteiger partial charge in [0.15, 0.2) is 0 Å². The van der Waals surface area contributed by atoms with Crippen LogP contribution in [-0.4, -0.2) is 29.6 Å². The van der Waals surface area contributed by atoms with Crippen LogP contribution in [0.1, 0.15) is 19.8 Å². The molecule has 2 N–H and O–H groups in total. The molecule has 0 atom stereocenters. The summed E-state index contributed by atoms with van der Waals surface area (Å²) >= 11 is 0. The van der Waals surface area contributed by atoms with E-state index in [0.29, 0.717) is 0 Å². The first-order valence-corrected chi connectivity index (χ1v) is 6.03. The second kappa shape index (κ2) is 7.22. The van der Waals surface area contributed by atoms with Gasteiger partial charge in [0.2, 0.25) is 5.91 Å². The first kappa shape index (κ1) is 15.6. The van der Waals surface area contributed by atoms with Crippen LogP contribution in [0.4, 0.5) is 14.9 Å². The maximum atomic E-state index is 13.6. The topological polar surface area (TPSA) is 86.7 Å². The Balaban J connectivity index is 2.71. The van der Waals surface area contributed by atoms with Crippen molar-refractivity contribution >= 4 is 23.6 Å². The third-order valence-corrected chi connectivity index (χ3v) is 2.52. The molecule has 0 aromatic heterocycles. The molecule has 0 heterocycles. The minimum Gasteiger partial charge on any atom is -0.481 e. The number of carboxylic acid groups (broad SMARTS) is 1. The van der Waals surface area contributed by atoms with Crippen LogP contribution in [0.2, 0.25) is 0 Å². The Morgan fingerprint density at radius 3 is 2.45 bits per heavy atom. The van der Waals surface area contributed by atoms with Crippen molar-refractivity contribution in [2.45, 2.75) is 19.8 Å². The van der Waals surface area contributed by atoms with E-state index in [2.05, 4.69) is 0 Å².